The van der Waals surface area contributed by atoms with Gasteiger partial charge in [0.25, 0.3) is 0 Å². The van der Waals surface area contributed by atoms with Crippen molar-refractivity contribution in [1.82, 2.24) is 4.90 Å². The van der Waals surface area contributed by atoms with Crippen molar-refractivity contribution in [2.24, 2.45) is 23.7 Å². The quantitative estimate of drug-likeness (QED) is 0.277. The number of fused-ring (bicyclic) bond motifs is 4. The van der Waals surface area contributed by atoms with Crippen molar-refractivity contribution in [3.8, 4) is 11.5 Å². The van der Waals surface area contributed by atoms with Crippen molar-refractivity contribution < 1.29 is 29.0 Å². The van der Waals surface area contributed by atoms with Gasteiger partial charge in [0.2, 0.25) is 23.6 Å². The molecule has 3 aromatic rings. The monoisotopic (exact) mass is 638 g/mol. The van der Waals surface area contributed by atoms with Gasteiger partial charge in [-0.2, -0.15) is 0 Å². The second-order valence-electron chi connectivity index (χ2n) is 13.7. The highest BCUT2D eigenvalue weighted by Gasteiger charge is 2.71. The van der Waals surface area contributed by atoms with Crippen LogP contribution in [-0.4, -0.2) is 46.3 Å². The third-order valence-corrected chi connectivity index (χ3v) is 10.6. The molecule has 1 N–H and O–H groups in total. The summed E-state index contributed by atoms with van der Waals surface area (Å²) in [5.74, 6) is -4.71. The SMILES string of the molecule is COc1cccc(O)c1C1C2=CCC3C(=O)N(C(C)(C)C)C(=O)C3C2CC2C(=O)N(c3cccc(Cl)c3)C(=O)C21c1ccccc1. The van der Waals surface area contributed by atoms with Gasteiger partial charge in [-0.15, -0.1) is 0 Å². The number of carbonyl (C=O) groups is 4. The molecule has 0 spiro atoms. The lowest BCUT2D eigenvalue weighted by atomic mass is 9.49. The van der Waals surface area contributed by atoms with Crippen molar-refractivity contribution in [3.05, 3.63) is 101 Å². The molecule has 236 valence electrons. The van der Waals surface area contributed by atoms with Gasteiger partial charge < -0.3 is 9.84 Å². The van der Waals surface area contributed by atoms with Crippen LogP contribution < -0.4 is 9.64 Å². The zero-order chi connectivity index (χ0) is 32.7. The number of carbonyl (C=O) groups excluding carboxylic acids is 4. The summed E-state index contributed by atoms with van der Waals surface area (Å²) in [5, 5.41) is 12.0. The van der Waals surface area contributed by atoms with Gasteiger partial charge in [0, 0.05) is 22.0 Å². The fourth-order valence-electron chi connectivity index (χ4n) is 8.72. The molecule has 2 saturated heterocycles. The van der Waals surface area contributed by atoms with Crippen LogP contribution in [0.2, 0.25) is 5.02 Å². The molecule has 2 heterocycles. The maximum atomic E-state index is 15.3. The number of ether oxygens (including phenoxy) is 1. The highest BCUT2D eigenvalue weighted by molar-refractivity contribution is 6.32. The predicted octanol–water partition coefficient (Wildman–Crippen LogP) is 6.02. The second kappa shape index (κ2) is 10.6. The Balaban J connectivity index is 1.53. The number of methoxy groups -OCH3 is 1. The van der Waals surface area contributed by atoms with E-state index in [-0.39, 0.29) is 24.0 Å². The number of allylic oxidation sites excluding steroid dienone is 2. The van der Waals surface area contributed by atoms with Gasteiger partial charge in [-0.05, 0) is 75.4 Å². The maximum Gasteiger partial charge on any atom is 0.246 e. The average molecular weight is 639 g/mol. The summed E-state index contributed by atoms with van der Waals surface area (Å²) < 4.78 is 5.82. The van der Waals surface area contributed by atoms with E-state index in [1.54, 1.807) is 42.5 Å². The van der Waals surface area contributed by atoms with Crippen LogP contribution in [0.15, 0.2) is 84.4 Å². The zero-order valence-electron chi connectivity index (χ0n) is 26.1. The number of aromatic hydroxyl groups is 1. The number of phenolic OH excluding ortho intramolecular Hbond substituents is 1. The molecule has 4 amide bonds. The van der Waals surface area contributed by atoms with Crippen molar-refractivity contribution in [2.75, 3.05) is 12.0 Å². The third-order valence-electron chi connectivity index (χ3n) is 10.4. The van der Waals surface area contributed by atoms with Crippen LogP contribution in [0.1, 0.15) is 50.7 Å². The van der Waals surface area contributed by atoms with Crippen LogP contribution >= 0.6 is 11.6 Å². The maximum absolute atomic E-state index is 15.3. The van der Waals surface area contributed by atoms with Crippen LogP contribution in [0.5, 0.6) is 11.5 Å². The zero-order valence-corrected chi connectivity index (χ0v) is 26.8. The number of anilines is 1. The van der Waals surface area contributed by atoms with E-state index in [2.05, 4.69) is 0 Å². The van der Waals surface area contributed by atoms with Crippen molar-refractivity contribution in [1.29, 1.82) is 0 Å². The van der Waals surface area contributed by atoms with E-state index in [0.717, 1.165) is 5.57 Å². The summed E-state index contributed by atoms with van der Waals surface area (Å²) in [7, 11) is 1.50. The summed E-state index contributed by atoms with van der Waals surface area (Å²) in [6, 6.07) is 20.8. The lowest BCUT2D eigenvalue weighted by molar-refractivity contribution is -0.145. The highest BCUT2D eigenvalue weighted by atomic mass is 35.5. The summed E-state index contributed by atoms with van der Waals surface area (Å²) in [6.07, 6.45) is 2.45. The van der Waals surface area contributed by atoms with Gasteiger partial charge >= 0.3 is 0 Å². The Kier molecular flexibility index (Phi) is 6.94. The molecule has 7 rings (SSSR count). The Labute approximate surface area is 272 Å². The number of hydrogen-bond acceptors (Lipinski definition) is 6. The molecule has 0 aromatic heterocycles. The molecule has 0 radical (unpaired) electrons. The smallest absolute Gasteiger partial charge is 0.246 e. The summed E-state index contributed by atoms with van der Waals surface area (Å²) in [5.41, 5.74) is -0.145. The van der Waals surface area contributed by atoms with E-state index in [9.17, 15) is 19.5 Å². The minimum absolute atomic E-state index is 0.0892. The van der Waals surface area contributed by atoms with Gasteiger partial charge in [0.15, 0.2) is 0 Å². The highest BCUT2D eigenvalue weighted by Crippen LogP contribution is 2.66. The number of phenols is 1. The number of imide groups is 2. The van der Waals surface area contributed by atoms with E-state index >= 15 is 4.79 Å². The molecule has 46 heavy (non-hydrogen) atoms. The lowest BCUT2D eigenvalue weighted by Gasteiger charge is -2.51. The summed E-state index contributed by atoms with van der Waals surface area (Å²) in [4.78, 5) is 60.6. The standard InChI is InChI=1S/C37H35ClN2O6/c1-36(2,3)40-32(42)24-17-16-23-25(29(24)34(40)44)19-26-33(43)39(22-13-8-12-21(38)18-22)35(45)37(26,20-10-6-5-7-11-20)31(23)30-27(41)14-9-15-28(30)46-4/h5-16,18,24-26,29,31,41H,17,19H2,1-4H3. The molecule has 2 aliphatic heterocycles. The third kappa shape index (κ3) is 4.05. The molecule has 6 unspecified atom stereocenters. The number of benzene rings is 3. The first-order valence-corrected chi connectivity index (χ1v) is 15.9. The fraction of sp³-hybridized carbons (Fsp3) is 0.351. The van der Waals surface area contributed by atoms with Crippen LogP contribution in [0.25, 0.3) is 0 Å². The molecule has 1 saturated carbocycles. The normalized spacial score (nSPS) is 29.0. The Bertz CT molecular complexity index is 1830. The first-order valence-electron chi connectivity index (χ1n) is 15.6. The molecule has 0 bridgehead atoms. The van der Waals surface area contributed by atoms with E-state index in [1.807, 2.05) is 57.2 Å². The van der Waals surface area contributed by atoms with Crippen LogP contribution in [-0.2, 0) is 24.6 Å². The minimum atomic E-state index is -1.50. The summed E-state index contributed by atoms with van der Waals surface area (Å²) >= 11 is 6.37. The van der Waals surface area contributed by atoms with Gasteiger partial charge in [-0.25, -0.2) is 4.90 Å². The number of rotatable bonds is 4. The molecular weight excluding hydrogens is 604 g/mol. The number of amides is 4. The van der Waals surface area contributed by atoms with Gasteiger partial charge in [0.05, 0.1) is 36.0 Å². The Morgan fingerprint density at radius 2 is 1.61 bits per heavy atom. The number of nitrogens with zero attached hydrogens (tertiary/aromatic N) is 2. The molecule has 9 heteroatoms. The summed E-state index contributed by atoms with van der Waals surface area (Å²) in [6.45, 7) is 5.52. The Morgan fingerprint density at radius 3 is 2.28 bits per heavy atom. The van der Waals surface area contributed by atoms with Crippen molar-refractivity contribution >= 4 is 40.9 Å². The molecule has 3 aromatic carbocycles. The molecule has 8 nitrogen and oxygen atoms in total. The molecular formula is C37H35ClN2O6. The van der Waals surface area contributed by atoms with E-state index in [0.29, 0.717) is 34.0 Å². The van der Waals surface area contributed by atoms with E-state index < -0.39 is 52.4 Å². The Hall–Kier alpha value is -4.43. The minimum Gasteiger partial charge on any atom is -0.508 e. The fourth-order valence-corrected chi connectivity index (χ4v) is 8.90. The molecule has 3 fully saturated rings. The van der Waals surface area contributed by atoms with Gasteiger partial charge in [-0.1, -0.05) is 65.7 Å². The van der Waals surface area contributed by atoms with E-state index in [1.165, 1.54) is 16.9 Å². The van der Waals surface area contributed by atoms with Crippen LogP contribution in [0.3, 0.4) is 0 Å². The first kappa shape index (κ1) is 30.2. The number of hydrogen-bond donors (Lipinski definition) is 1. The van der Waals surface area contributed by atoms with Crippen LogP contribution in [0, 0.1) is 23.7 Å². The van der Waals surface area contributed by atoms with Crippen LogP contribution in [0.4, 0.5) is 5.69 Å². The first-order chi connectivity index (χ1) is 21.9. The average Bonchev–Trinajstić information content (AvgIpc) is 3.42. The molecule has 6 atom stereocenters. The van der Waals surface area contributed by atoms with Gasteiger partial charge in [0.1, 0.15) is 11.5 Å². The van der Waals surface area contributed by atoms with Crippen molar-refractivity contribution in [2.45, 2.75) is 50.5 Å². The molecule has 2 aliphatic carbocycles. The number of halogens is 1. The van der Waals surface area contributed by atoms with Crippen molar-refractivity contribution in [3.63, 3.8) is 0 Å². The predicted molar refractivity (Wildman–Crippen MR) is 172 cm³/mol. The van der Waals surface area contributed by atoms with E-state index in [4.69, 9.17) is 16.3 Å². The topological polar surface area (TPSA) is 104 Å². The van der Waals surface area contributed by atoms with Gasteiger partial charge in [-0.3, -0.25) is 24.1 Å². The largest absolute Gasteiger partial charge is 0.508 e. The second-order valence-corrected chi connectivity index (χ2v) is 14.1. The number of likely N-dealkylation sites (tertiary alicyclic amines) is 1. The lowest BCUT2D eigenvalue weighted by Crippen LogP contribution is -2.53. The Morgan fingerprint density at radius 1 is 0.891 bits per heavy atom. The molecule has 4 aliphatic rings.